The summed E-state index contributed by atoms with van der Waals surface area (Å²) in [5.74, 6) is 1.45. The van der Waals surface area contributed by atoms with Crippen LogP contribution in [0.4, 0.5) is 17.3 Å². The first kappa shape index (κ1) is 17.7. The van der Waals surface area contributed by atoms with Crippen molar-refractivity contribution in [2.75, 3.05) is 17.1 Å². The Balaban J connectivity index is 1.75. The highest BCUT2D eigenvalue weighted by atomic mass is 32.2. The molecule has 0 amide bonds. The maximum atomic E-state index is 12.4. The molecule has 0 aliphatic heterocycles. The van der Waals surface area contributed by atoms with Crippen LogP contribution in [0.15, 0.2) is 45.8 Å². The van der Waals surface area contributed by atoms with E-state index in [1.54, 1.807) is 26.2 Å². The average Bonchev–Trinajstić information content (AvgIpc) is 2.96. The minimum atomic E-state index is -3.86. The van der Waals surface area contributed by atoms with Crippen LogP contribution < -0.4 is 14.8 Å². The molecule has 3 aromatic rings. The predicted molar refractivity (Wildman–Crippen MR) is 95.1 cm³/mol. The molecule has 0 aliphatic rings. The van der Waals surface area contributed by atoms with Gasteiger partial charge in [-0.2, -0.15) is 0 Å². The summed E-state index contributed by atoms with van der Waals surface area (Å²) in [6.07, 6.45) is 0. The van der Waals surface area contributed by atoms with Crippen LogP contribution in [0.5, 0.6) is 5.75 Å². The molecule has 0 saturated heterocycles. The van der Waals surface area contributed by atoms with E-state index in [0.29, 0.717) is 11.6 Å². The lowest BCUT2D eigenvalue weighted by atomic mass is 10.3. The molecule has 2 heterocycles. The predicted octanol–water partition coefficient (Wildman–Crippen LogP) is 2.63. The number of hydrogen-bond donors (Lipinski definition) is 2. The first-order valence-electron chi connectivity index (χ1n) is 7.59. The molecule has 0 bridgehead atoms. The van der Waals surface area contributed by atoms with Crippen molar-refractivity contribution < 1.29 is 17.7 Å². The Bertz CT molecular complexity index is 996. The molecule has 0 saturated carbocycles. The number of sulfonamides is 1. The summed E-state index contributed by atoms with van der Waals surface area (Å²) in [6.45, 7) is 3.08. The van der Waals surface area contributed by atoms with Crippen LogP contribution in [0.3, 0.4) is 0 Å². The van der Waals surface area contributed by atoms with Crippen LogP contribution in [-0.4, -0.2) is 30.9 Å². The third kappa shape index (κ3) is 3.75. The lowest BCUT2D eigenvalue weighted by Gasteiger charge is -2.08. The Morgan fingerprint density at radius 2 is 1.81 bits per heavy atom. The molecule has 0 aliphatic carbocycles. The fraction of sp³-hybridized carbons (Fsp3) is 0.188. The van der Waals surface area contributed by atoms with Gasteiger partial charge >= 0.3 is 0 Å². The second-order valence-electron chi connectivity index (χ2n) is 5.42. The number of ether oxygens (including phenoxy) is 1. The summed E-state index contributed by atoms with van der Waals surface area (Å²) in [4.78, 5) is -0.00196. The van der Waals surface area contributed by atoms with Gasteiger partial charge in [0.25, 0.3) is 10.0 Å². The Morgan fingerprint density at radius 3 is 2.42 bits per heavy atom. The van der Waals surface area contributed by atoms with Crippen LogP contribution in [0.25, 0.3) is 0 Å². The number of benzene rings is 1. The largest absolute Gasteiger partial charge is 0.497 e. The number of rotatable bonds is 6. The zero-order chi connectivity index (χ0) is 18.7. The van der Waals surface area contributed by atoms with Crippen LogP contribution in [-0.2, 0) is 10.0 Å². The SMILES string of the molecule is COc1cccc(Nc2ccc(NS(=O)(=O)c3c(C)noc3C)nn2)c1. The lowest BCUT2D eigenvalue weighted by Crippen LogP contribution is -2.15. The van der Waals surface area contributed by atoms with Gasteiger partial charge in [0.15, 0.2) is 22.3 Å². The smallest absolute Gasteiger partial charge is 0.268 e. The molecule has 2 N–H and O–H groups in total. The molecule has 2 aromatic heterocycles. The number of anilines is 3. The quantitative estimate of drug-likeness (QED) is 0.675. The molecule has 0 atom stereocenters. The van der Waals surface area contributed by atoms with Gasteiger partial charge in [-0.1, -0.05) is 11.2 Å². The highest BCUT2D eigenvalue weighted by Crippen LogP contribution is 2.23. The minimum absolute atomic E-state index is 0.00196. The molecule has 10 heteroatoms. The van der Waals surface area contributed by atoms with Gasteiger partial charge in [-0.3, -0.25) is 4.72 Å². The van der Waals surface area contributed by atoms with E-state index in [4.69, 9.17) is 9.26 Å². The molecule has 1 aromatic carbocycles. The first-order valence-corrected chi connectivity index (χ1v) is 9.08. The maximum Gasteiger partial charge on any atom is 0.268 e. The van der Waals surface area contributed by atoms with Gasteiger partial charge < -0.3 is 14.6 Å². The third-order valence-corrected chi connectivity index (χ3v) is 5.08. The van der Waals surface area contributed by atoms with E-state index >= 15 is 0 Å². The molecule has 26 heavy (non-hydrogen) atoms. The summed E-state index contributed by atoms with van der Waals surface area (Å²) in [6, 6.07) is 10.4. The topological polar surface area (TPSA) is 119 Å². The van der Waals surface area contributed by atoms with Gasteiger partial charge in [0.1, 0.15) is 11.4 Å². The zero-order valence-electron chi connectivity index (χ0n) is 14.3. The molecule has 0 radical (unpaired) electrons. The zero-order valence-corrected chi connectivity index (χ0v) is 15.2. The molecule has 9 nitrogen and oxygen atoms in total. The van der Waals surface area contributed by atoms with E-state index in [1.165, 1.54) is 13.0 Å². The second-order valence-corrected chi connectivity index (χ2v) is 7.04. The highest BCUT2D eigenvalue weighted by molar-refractivity contribution is 7.92. The Labute approximate surface area is 150 Å². The normalized spacial score (nSPS) is 11.2. The maximum absolute atomic E-state index is 12.4. The van der Waals surface area contributed by atoms with Crippen molar-refractivity contribution in [3.8, 4) is 5.75 Å². The van der Waals surface area contributed by atoms with Crippen LogP contribution >= 0.6 is 0 Å². The van der Waals surface area contributed by atoms with Gasteiger partial charge in [0, 0.05) is 11.8 Å². The Morgan fingerprint density at radius 1 is 1.08 bits per heavy atom. The van der Waals surface area contributed by atoms with E-state index < -0.39 is 10.0 Å². The van der Waals surface area contributed by atoms with E-state index in [2.05, 4.69) is 25.4 Å². The van der Waals surface area contributed by atoms with Crippen LogP contribution in [0.2, 0.25) is 0 Å². The Hall–Kier alpha value is -3.14. The number of nitrogens with one attached hydrogen (secondary N) is 2. The van der Waals surface area contributed by atoms with E-state index in [1.807, 2.05) is 18.2 Å². The third-order valence-electron chi connectivity index (χ3n) is 3.48. The highest BCUT2D eigenvalue weighted by Gasteiger charge is 2.24. The molecule has 0 fully saturated rings. The van der Waals surface area contributed by atoms with Gasteiger partial charge in [-0.05, 0) is 38.1 Å². The van der Waals surface area contributed by atoms with Gasteiger partial charge in [0.05, 0.1) is 7.11 Å². The average molecular weight is 375 g/mol. The second kappa shape index (κ2) is 7.00. The molecule has 136 valence electrons. The molecule has 0 spiro atoms. The molecular formula is C16H17N5O4S. The van der Waals surface area contributed by atoms with Gasteiger partial charge in [0.2, 0.25) is 0 Å². The fourth-order valence-corrected chi connectivity index (χ4v) is 3.68. The number of hydrogen-bond acceptors (Lipinski definition) is 8. The Kier molecular flexibility index (Phi) is 4.76. The number of methoxy groups -OCH3 is 1. The summed E-state index contributed by atoms with van der Waals surface area (Å²) < 4.78 is 37.3. The van der Waals surface area contributed by atoms with Crippen LogP contribution in [0, 0.1) is 13.8 Å². The number of nitrogens with zero attached hydrogens (tertiary/aromatic N) is 3. The summed E-state index contributed by atoms with van der Waals surface area (Å²) >= 11 is 0. The fourth-order valence-electron chi connectivity index (χ4n) is 2.35. The van der Waals surface area contributed by atoms with E-state index in [-0.39, 0.29) is 22.2 Å². The number of aryl methyl sites for hydroxylation is 2. The van der Waals surface area contributed by atoms with Crippen molar-refractivity contribution in [3.05, 3.63) is 47.9 Å². The monoisotopic (exact) mass is 375 g/mol. The standard InChI is InChI=1S/C16H17N5O4S/c1-10-16(11(2)25-20-10)26(22,23)21-15-8-7-14(18-19-15)17-12-5-4-6-13(9-12)24-3/h4-9H,1-3H3,(H,17,18)(H,19,21). The van der Waals surface area contributed by atoms with Crippen molar-refractivity contribution >= 4 is 27.3 Å². The van der Waals surface area contributed by atoms with Crippen molar-refractivity contribution in [1.29, 1.82) is 0 Å². The van der Waals surface area contributed by atoms with Crippen molar-refractivity contribution in [2.45, 2.75) is 18.7 Å². The van der Waals surface area contributed by atoms with Gasteiger partial charge in [-0.15, -0.1) is 10.2 Å². The van der Waals surface area contributed by atoms with Crippen molar-refractivity contribution in [1.82, 2.24) is 15.4 Å². The number of aromatic nitrogens is 3. The van der Waals surface area contributed by atoms with Gasteiger partial charge in [-0.25, -0.2) is 8.42 Å². The van der Waals surface area contributed by atoms with Crippen LogP contribution in [0.1, 0.15) is 11.5 Å². The first-order chi connectivity index (χ1) is 12.4. The molecular weight excluding hydrogens is 358 g/mol. The summed E-state index contributed by atoms with van der Waals surface area (Å²) in [5.41, 5.74) is 1.04. The van der Waals surface area contributed by atoms with E-state index in [9.17, 15) is 8.42 Å². The van der Waals surface area contributed by atoms with Crippen molar-refractivity contribution in [2.24, 2.45) is 0 Å². The molecule has 3 rings (SSSR count). The molecule has 0 unspecified atom stereocenters. The summed E-state index contributed by atoms with van der Waals surface area (Å²) in [7, 11) is -2.28. The lowest BCUT2D eigenvalue weighted by molar-refractivity contribution is 0.390. The van der Waals surface area contributed by atoms with E-state index in [0.717, 1.165) is 5.69 Å². The summed E-state index contributed by atoms with van der Waals surface area (Å²) in [5, 5.41) is 14.6. The van der Waals surface area contributed by atoms with Crippen molar-refractivity contribution in [3.63, 3.8) is 0 Å². The minimum Gasteiger partial charge on any atom is -0.497 e.